The molecule has 1 fully saturated rings. The number of carboxylic acids is 1. The molecule has 36 heavy (non-hydrogen) atoms. The van der Waals surface area contributed by atoms with Gasteiger partial charge in [0, 0.05) is 17.6 Å². The van der Waals surface area contributed by atoms with E-state index in [1.165, 1.54) is 0 Å². The Labute approximate surface area is 234 Å². The van der Waals surface area contributed by atoms with Crippen molar-refractivity contribution in [3.05, 3.63) is 22.2 Å². The number of hydrogen-bond donors (Lipinski definition) is 1. The number of rotatable bonds is 9. The Morgan fingerprint density at radius 2 is 1.25 bits per heavy atom. The topological polar surface area (TPSA) is 116 Å². The molecule has 0 saturated heterocycles. The summed E-state index contributed by atoms with van der Waals surface area (Å²) in [6.45, 7) is 8.40. The lowest BCUT2D eigenvalue weighted by molar-refractivity contribution is -0.164. The molecular formula is C23H27Cl5O8. The Kier molecular flexibility index (Phi) is 9.39. The Balaban J connectivity index is 2.23. The van der Waals surface area contributed by atoms with Crippen molar-refractivity contribution in [1.29, 1.82) is 0 Å². The molecule has 0 aromatic heterocycles. The van der Waals surface area contributed by atoms with Gasteiger partial charge in [0.2, 0.25) is 0 Å². The van der Waals surface area contributed by atoms with Crippen molar-refractivity contribution in [3.8, 4) is 0 Å². The molecule has 0 radical (unpaired) electrons. The first-order valence-corrected chi connectivity index (χ1v) is 12.7. The van der Waals surface area contributed by atoms with E-state index in [1.807, 2.05) is 20.8 Å². The molecule has 5 unspecified atom stereocenters. The van der Waals surface area contributed by atoms with Crippen LogP contribution in [-0.2, 0) is 33.4 Å². The molecule has 0 spiro atoms. The molecule has 0 aliphatic heterocycles. The fourth-order valence-electron chi connectivity index (χ4n) is 3.78. The number of allylic oxidation sites excluding steroid dienone is 2. The quantitative estimate of drug-likeness (QED) is 0.171. The molecular weight excluding hydrogens is 582 g/mol. The number of carbonyl (C=O) groups is 4. The van der Waals surface area contributed by atoms with Crippen LogP contribution in [0.3, 0.4) is 0 Å². The maximum atomic E-state index is 13.3. The number of alkyl halides is 3. The van der Waals surface area contributed by atoms with Gasteiger partial charge in [0.25, 0.3) is 0 Å². The van der Waals surface area contributed by atoms with Crippen molar-refractivity contribution in [1.82, 2.24) is 0 Å². The summed E-state index contributed by atoms with van der Waals surface area (Å²) in [4.78, 5) is 45.0. The van der Waals surface area contributed by atoms with Crippen molar-refractivity contribution < 1.29 is 38.5 Å². The Hall–Kier alpha value is -1.19. The van der Waals surface area contributed by atoms with Gasteiger partial charge in [-0.15, -0.1) is 34.8 Å². The van der Waals surface area contributed by atoms with Gasteiger partial charge in [-0.2, -0.15) is 0 Å². The van der Waals surface area contributed by atoms with Crippen molar-refractivity contribution in [2.75, 3.05) is 19.8 Å². The smallest absolute Gasteiger partial charge is 0.331 e. The lowest BCUT2D eigenvalue weighted by atomic mass is 9.81. The standard InChI is InChI=1S/C23H27Cl5O8/c1-20(2,3)8-35-17(32)13-14(23(28)16(25)15(24)22(13,27)19(23)26)18(33)36-10-21(4,5)9-34-12(31)7-6-11(29)30/h6-7,13-14,19H,8-10H2,1-5H3,(H,29,30). The second-order valence-electron chi connectivity index (χ2n) is 10.7. The van der Waals surface area contributed by atoms with Gasteiger partial charge >= 0.3 is 23.9 Å². The number of ether oxygens (including phenoxy) is 3. The van der Waals surface area contributed by atoms with Gasteiger partial charge in [0.15, 0.2) is 0 Å². The van der Waals surface area contributed by atoms with E-state index >= 15 is 0 Å². The molecule has 0 aromatic carbocycles. The summed E-state index contributed by atoms with van der Waals surface area (Å²) in [6, 6.07) is 0. The summed E-state index contributed by atoms with van der Waals surface area (Å²) < 4.78 is 15.9. The van der Waals surface area contributed by atoms with E-state index in [0.717, 1.165) is 6.08 Å². The molecule has 2 aliphatic carbocycles. The highest BCUT2D eigenvalue weighted by Crippen LogP contribution is 2.70. The minimum atomic E-state index is -1.82. The van der Waals surface area contributed by atoms with Crippen molar-refractivity contribution in [2.24, 2.45) is 22.7 Å². The summed E-state index contributed by atoms with van der Waals surface area (Å²) in [5.74, 6) is -6.73. The molecule has 2 bridgehead atoms. The van der Waals surface area contributed by atoms with Crippen LogP contribution in [0.4, 0.5) is 0 Å². The van der Waals surface area contributed by atoms with Crippen molar-refractivity contribution >= 4 is 81.9 Å². The van der Waals surface area contributed by atoms with E-state index in [2.05, 4.69) is 0 Å². The number of hydrogen-bond acceptors (Lipinski definition) is 7. The molecule has 0 aromatic rings. The fourth-order valence-corrected chi connectivity index (χ4v) is 6.27. The monoisotopic (exact) mass is 606 g/mol. The van der Waals surface area contributed by atoms with E-state index in [9.17, 15) is 19.2 Å². The minimum Gasteiger partial charge on any atom is -0.478 e. The number of halogens is 5. The van der Waals surface area contributed by atoms with Gasteiger partial charge < -0.3 is 19.3 Å². The molecule has 0 amide bonds. The fraction of sp³-hybridized carbons (Fsp3) is 0.652. The van der Waals surface area contributed by atoms with Gasteiger partial charge in [-0.05, 0) is 5.41 Å². The zero-order chi connectivity index (χ0) is 27.9. The third-order valence-corrected chi connectivity index (χ3v) is 9.06. The molecule has 1 N–H and O–H groups in total. The number of esters is 3. The van der Waals surface area contributed by atoms with Crippen LogP contribution in [0.5, 0.6) is 0 Å². The molecule has 13 heteroatoms. The van der Waals surface area contributed by atoms with Crippen molar-refractivity contribution in [2.45, 2.75) is 49.7 Å². The van der Waals surface area contributed by atoms with Gasteiger partial charge in [0.05, 0.1) is 47.1 Å². The Bertz CT molecular complexity index is 1000. The lowest BCUT2D eigenvalue weighted by Gasteiger charge is -2.35. The zero-order valence-electron chi connectivity index (χ0n) is 20.2. The number of carboxylic acid groups (broad SMARTS) is 1. The third kappa shape index (κ3) is 6.09. The van der Waals surface area contributed by atoms with Crippen LogP contribution in [0.15, 0.2) is 22.2 Å². The molecule has 8 nitrogen and oxygen atoms in total. The summed E-state index contributed by atoms with van der Waals surface area (Å²) >= 11 is 32.8. The van der Waals surface area contributed by atoms with Crippen LogP contribution in [0.1, 0.15) is 34.6 Å². The van der Waals surface area contributed by atoms with E-state index in [1.54, 1.807) is 13.8 Å². The second kappa shape index (κ2) is 10.9. The number of fused-ring (bicyclic) bond motifs is 2. The van der Waals surface area contributed by atoms with Gasteiger partial charge in [0.1, 0.15) is 9.75 Å². The van der Waals surface area contributed by atoms with Crippen LogP contribution < -0.4 is 0 Å². The predicted molar refractivity (Wildman–Crippen MR) is 135 cm³/mol. The van der Waals surface area contributed by atoms with Crippen molar-refractivity contribution in [3.63, 3.8) is 0 Å². The normalized spacial score (nSPS) is 30.0. The van der Waals surface area contributed by atoms with Crippen LogP contribution in [0.25, 0.3) is 0 Å². The first-order chi connectivity index (χ1) is 16.3. The van der Waals surface area contributed by atoms with Crippen LogP contribution in [-0.4, -0.2) is 63.9 Å². The maximum absolute atomic E-state index is 13.3. The highest BCUT2D eigenvalue weighted by atomic mass is 35.5. The predicted octanol–water partition coefficient (Wildman–Crippen LogP) is 4.84. The van der Waals surface area contributed by atoms with Crippen LogP contribution in [0, 0.1) is 22.7 Å². The first kappa shape index (κ1) is 31.0. The van der Waals surface area contributed by atoms with E-state index in [-0.39, 0.29) is 35.3 Å². The van der Waals surface area contributed by atoms with Gasteiger partial charge in [-0.3, -0.25) is 9.59 Å². The summed E-state index contributed by atoms with van der Waals surface area (Å²) in [5.41, 5.74) is -1.27. The molecule has 2 aliphatic rings. The number of aliphatic carboxylic acids is 1. The highest BCUT2D eigenvalue weighted by Gasteiger charge is 2.79. The molecule has 202 valence electrons. The summed E-state index contributed by atoms with van der Waals surface area (Å²) in [6.07, 6.45) is 1.39. The Morgan fingerprint density at radius 3 is 1.67 bits per heavy atom. The highest BCUT2D eigenvalue weighted by molar-refractivity contribution is 6.56. The Morgan fingerprint density at radius 1 is 0.833 bits per heavy atom. The zero-order valence-corrected chi connectivity index (χ0v) is 24.0. The first-order valence-electron chi connectivity index (χ1n) is 10.8. The molecule has 5 atom stereocenters. The average molecular weight is 609 g/mol. The van der Waals surface area contributed by atoms with E-state index in [0.29, 0.717) is 6.08 Å². The average Bonchev–Trinajstić information content (AvgIpc) is 3.03. The van der Waals surface area contributed by atoms with Crippen LogP contribution in [0.2, 0.25) is 0 Å². The molecule has 1 saturated carbocycles. The lowest BCUT2D eigenvalue weighted by Crippen LogP contribution is -2.47. The summed E-state index contributed by atoms with van der Waals surface area (Å²) in [5, 5.41) is 7.06. The summed E-state index contributed by atoms with van der Waals surface area (Å²) in [7, 11) is 0. The van der Waals surface area contributed by atoms with E-state index in [4.69, 9.17) is 77.3 Å². The third-order valence-electron chi connectivity index (χ3n) is 5.57. The largest absolute Gasteiger partial charge is 0.478 e. The minimum absolute atomic E-state index is 0.0308. The second-order valence-corrected chi connectivity index (χ2v) is 13.1. The molecule has 0 heterocycles. The SMILES string of the molecule is CC(C)(C)COC(=O)C1C(C(=O)OCC(C)(C)COC(=O)C=CC(=O)O)C2(Cl)C(Cl)=C(Cl)C1(Cl)C2Cl. The van der Waals surface area contributed by atoms with Gasteiger partial charge in [-0.25, -0.2) is 9.59 Å². The van der Waals surface area contributed by atoms with E-state index < -0.39 is 56.3 Å². The van der Waals surface area contributed by atoms with Crippen LogP contribution >= 0.6 is 58.0 Å². The maximum Gasteiger partial charge on any atom is 0.331 e. The van der Waals surface area contributed by atoms with Gasteiger partial charge in [-0.1, -0.05) is 57.8 Å². The molecule has 2 rings (SSSR count). The number of carbonyl (C=O) groups excluding carboxylic acids is 3.